The number of likely N-dealkylation sites (N-methyl/N-ethyl adjacent to an activating group) is 1. The molecule has 1 atom stereocenters. The van der Waals surface area contributed by atoms with Crippen molar-refractivity contribution >= 4 is 0 Å². The van der Waals surface area contributed by atoms with Gasteiger partial charge >= 0.3 is 0 Å². The van der Waals surface area contributed by atoms with Crippen molar-refractivity contribution in [3.8, 4) is 0 Å². The van der Waals surface area contributed by atoms with Gasteiger partial charge in [-0.25, -0.2) is 0 Å². The molecule has 3 N–H and O–H groups in total. The molecule has 0 aromatic carbocycles. The molecule has 0 aliphatic carbocycles. The first kappa shape index (κ1) is 13.2. The van der Waals surface area contributed by atoms with Gasteiger partial charge in [0.25, 0.3) is 0 Å². The average molecular weight is 226 g/mol. The van der Waals surface area contributed by atoms with Crippen molar-refractivity contribution in [2.45, 2.75) is 19.4 Å². The van der Waals surface area contributed by atoms with Crippen LogP contribution >= 0.6 is 0 Å². The van der Waals surface area contributed by atoms with E-state index in [4.69, 9.17) is 10.8 Å². The Morgan fingerprint density at radius 2 is 2.38 bits per heavy atom. The zero-order chi connectivity index (χ0) is 12.0. The Morgan fingerprint density at radius 3 is 2.81 bits per heavy atom. The summed E-state index contributed by atoms with van der Waals surface area (Å²) in [4.78, 5) is 2.27. The standard InChI is InChI=1S/C11H22N4O/c1-3-15(5-4-6-16)11(7-12)10-8-13-14(2)9-10/h8-9,11,16H,3-7,12H2,1-2H3. The summed E-state index contributed by atoms with van der Waals surface area (Å²) >= 11 is 0. The zero-order valence-corrected chi connectivity index (χ0v) is 10.1. The van der Waals surface area contributed by atoms with E-state index < -0.39 is 0 Å². The fraction of sp³-hybridized carbons (Fsp3) is 0.727. The maximum Gasteiger partial charge on any atom is 0.0538 e. The quantitative estimate of drug-likeness (QED) is 0.693. The highest BCUT2D eigenvalue weighted by molar-refractivity contribution is 5.11. The smallest absolute Gasteiger partial charge is 0.0538 e. The SMILES string of the molecule is CCN(CCCO)C(CN)c1cnn(C)c1. The van der Waals surface area contributed by atoms with Crippen LogP contribution in [0.25, 0.3) is 0 Å². The molecule has 0 radical (unpaired) electrons. The first-order valence-corrected chi connectivity index (χ1v) is 5.76. The summed E-state index contributed by atoms with van der Waals surface area (Å²) in [5, 5.41) is 13.0. The summed E-state index contributed by atoms with van der Waals surface area (Å²) < 4.78 is 1.79. The third-order valence-corrected chi connectivity index (χ3v) is 2.78. The summed E-state index contributed by atoms with van der Waals surface area (Å²) in [5.41, 5.74) is 6.96. The van der Waals surface area contributed by atoms with Gasteiger partial charge in [-0.2, -0.15) is 5.10 Å². The minimum atomic E-state index is 0.199. The van der Waals surface area contributed by atoms with E-state index in [1.807, 2.05) is 19.4 Å². The lowest BCUT2D eigenvalue weighted by Crippen LogP contribution is -2.34. The summed E-state index contributed by atoms with van der Waals surface area (Å²) in [5.74, 6) is 0. The summed E-state index contributed by atoms with van der Waals surface area (Å²) in [6, 6.07) is 0.199. The topological polar surface area (TPSA) is 67.3 Å². The number of aryl methyl sites for hydroxylation is 1. The minimum absolute atomic E-state index is 0.199. The van der Waals surface area contributed by atoms with E-state index in [-0.39, 0.29) is 12.6 Å². The Balaban J connectivity index is 2.70. The monoisotopic (exact) mass is 226 g/mol. The van der Waals surface area contributed by atoms with Crippen molar-refractivity contribution in [1.29, 1.82) is 0 Å². The lowest BCUT2D eigenvalue weighted by atomic mass is 10.1. The number of nitrogens with two attached hydrogens (primary N) is 1. The molecule has 1 aromatic heterocycles. The Hall–Kier alpha value is -0.910. The molecular formula is C11H22N4O. The first-order valence-electron chi connectivity index (χ1n) is 5.76. The molecule has 1 unspecified atom stereocenters. The highest BCUT2D eigenvalue weighted by Gasteiger charge is 2.18. The molecule has 0 aliphatic rings. The maximum atomic E-state index is 8.87. The Labute approximate surface area is 96.9 Å². The largest absolute Gasteiger partial charge is 0.396 e. The predicted octanol–water partition coefficient (Wildman–Crippen LogP) is 0.124. The second kappa shape index (κ2) is 6.62. The highest BCUT2D eigenvalue weighted by atomic mass is 16.3. The third-order valence-electron chi connectivity index (χ3n) is 2.78. The van der Waals surface area contributed by atoms with Crippen LogP contribution < -0.4 is 5.73 Å². The van der Waals surface area contributed by atoms with Gasteiger partial charge in [-0.15, -0.1) is 0 Å². The molecule has 0 amide bonds. The molecular weight excluding hydrogens is 204 g/mol. The highest BCUT2D eigenvalue weighted by Crippen LogP contribution is 2.18. The van der Waals surface area contributed by atoms with Gasteiger partial charge in [-0.1, -0.05) is 6.92 Å². The summed E-state index contributed by atoms with van der Waals surface area (Å²) in [6.45, 7) is 4.70. The maximum absolute atomic E-state index is 8.87. The van der Waals surface area contributed by atoms with Crippen LogP contribution in [0.2, 0.25) is 0 Å². The second-order valence-corrected chi connectivity index (χ2v) is 3.90. The van der Waals surface area contributed by atoms with Gasteiger partial charge in [-0.3, -0.25) is 9.58 Å². The lowest BCUT2D eigenvalue weighted by molar-refractivity contribution is 0.185. The fourth-order valence-electron chi connectivity index (χ4n) is 1.92. The molecule has 5 nitrogen and oxygen atoms in total. The normalized spacial score (nSPS) is 13.3. The van der Waals surface area contributed by atoms with Crippen LogP contribution in [-0.2, 0) is 7.05 Å². The molecule has 0 fully saturated rings. The van der Waals surface area contributed by atoms with Crippen LogP contribution in [0.4, 0.5) is 0 Å². The van der Waals surface area contributed by atoms with Crippen LogP contribution in [0.15, 0.2) is 12.4 Å². The van der Waals surface area contributed by atoms with Crippen LogP contribution in [0.1, 0.15) is 24.9 Å². The molecule has 92 valence electrons. The summed E-state index contributed by atoms with van der Waals surface area (Å²) in [6.07, 6.45) is 4.64. The number of aliphatic hydroxyl groups excluding tert-OH is 1. The van der Waals surface area contributed by atoms with E-state index in [0.29, 0.717) is 6.54 Å². The number of hydrogen-bond donors (Lipinski definition) is 2. The van der Waals surface area contributed by atoms with E-state index in [1.165, 1.54) is 0 Å². The van der Waals surface area contributed by atoms with Gasteiger partial charge in [-0.05, 0) is 13.0 Å². The van der Waals surface area contributed by atoms with E-state index in [1.54, 1.807) is 4.68 Å². The van der Waals surface area contributed by atoms with Crippen LogP contribution in [-0.4, -0.2) is 46.0 Å². The van der Waals surface area contributed by atoms with Crippen molar-refractivity contribution in [2.75, 3.05) is 26.2 Å². The first-order chi connectivity index (χ1) is 7.72. The van der Waals surface area contributed by atoms with Crippen molar-refractivity contribution in [3.05, 3.63) is 18.0 Å². The van der Waals surface area contributed by atoms with E-state index in [0.717, 1.165) is 25.1 Å². The van der Waals surface area contributed by atoms with Gasteiger partial charge < -0.3 is 10.8 Å². The summed E-state index contributed by atoms with van der Waals surface area (Å²) in [7, 11) is 1.90. The molecule has 0 aliphatic heterocycles. The third kappa shape index (κ3) is 3.30. The predicted molar refractivity (Wildman–Crippen MR) is 64.0 cm³/mol. The van der Waals surface area contributed by atoms with Crippen molar-refractivity contribution in [3.63, 3.8) is 0 Å². The number of aliphatic hydroxyl groups is 1. The van der Waals surface area contributed by atoms with Gasteiger partial charge in [0.15, 0.2) is 0 Å². The molecule has 1 rings (SSSR count). The second-order valence-electron chi connectivity index (χ2n) is 3.90. The average Bonchev–Trinajstić information content (AvgIpc) is 2.70. The fourth-order valence-corrected chi connectivity index (χ4v) is 1.92. The Bertz CT molecular complexity index is 300. The Morgan fingerprint density at radius 1 is 1.62 bits per heavy atom. The molecule has 0 bridgehead atoms. The number of nitrogens with zero attached hydrogens (tertiary/aromatic N) is 3. The molecule has 0 saturated carbocycles. The van der Waals surface area contributed by atoms with Gasteiger partial charge in [0.1, 0.15) is 0 Å². The van der Waals surface area contributed by atoms with Crippen LogP contribution in [0, 0.1) is 0 Å². The van der Waals surface area contributed by atoms with E-state index in [9.17, 15) is 0 Å². The van der Waals surface area contributed by atoms with Gasteiger partial charge in [0.2, 0.25) is 0 Å². The zero-order valence-electron chi connectivity index (χ0n) is 10.1. The van der Waals surface area contributed by atoms with E-state index in [2.05, 4.69) is 16.9 Å². The van der Waals surface area contributed by atoms with Gasteiger partial charge in [0, 0.05) is 38.5 Å². The molecule has 0 spiro atoms. The molecule has 16 heavy (non-hydrogen) atoms. The minimum Gasteiger partial charge on any atom is -0.396 e. The molecule has 1 aromatic rings. The molecule has 5 heteroatoms. The van der Waals surface area contributed by atoms with Crippen LogP contribution in [0.5, 0.6) is 0 Å². The number of rotatable bonds is 7. The molecule has 0 saturated heterocycles. The van der Waals surface area contributed by atoms with Crippen molar-refractivity contribution in [1.82, 2.24) is 14.7 Å². The number of aromatic nitrogens is 2. The Kier molecular flexibility index (Phi) is 5.45. The lowest BCUT2D eigenvalue weighted by Gasteiger charge is -2.28. The van der Waals surface area contributed by atoms with Crippen LogP contribution in [0.3, 0.4) is 0 Å². The van der Waals surface area contributed by atoms with Crippen molar-refractivity contribution in [2.24, 2.45) is 12.8 Å². The van der Waals surface area contributed by atoms with Crippen molar-refractivity contribution < 1.29 is 5.11 Å². The number of hydrogen-bond acceptors (Lipinski definition) is 4. The van der Waals surface area contributed by atoms with Gasteiger partial charge in [0.05, 0.1) is 12.2 Å². The van der Waals surface area contributed by atoms with E-state index >= 15 is 0 Å². The molecule has 1 heterocycles.